The van der Waals surface area contributed by atoms with Crippen LogP contribution in [0, 0.1) is 5.92 Å². The Labute approximate surface area is 119 Å². The molecule has 6 heteroatoms. The molecule has 1 aromatic rings. The summed E-state index contributed by atoms with van der Waals surface area (Å²) in [5.74, 6) is 0.441. The van der Waals surface area contributed by atoms with Crippen LogP contribution in [0.3, 0.4) is 0 Å². The van der Waals surface area contributed by atoms with Gasteiger partial charge in [0, 0.05) is 18.8 Å². The molecule has 1 aliphatic heterocycles. The molecule has 2 N–H and O–H groups in total. The predicted molar refractivity (Wildman–Crippen MR) is 77.6 cm³/mol. The fourth-order valence-electron chi connectivity index (χ4n) is 2.44. The Kier molecular flexibility index (Phi) is 4.38. The van der Waals surface area contributed by atoms with E-state index in [4.69, 9.17) is 17.3 Å². The lowest BCUT2D eigenvalue weighted by molar-refractivity contribution is 0.261. The molecule has 1 aromatic carbocycles. The average Bonchev–Trinajstić information content (AvgIpc) is 2.38. The zero-order chi connectivity index (χ0) is 14.0. The Morgan fingerprint density at radius 3 is 2.84 bits per heavy atom. The maximum absolute atomic E-state index is 12.6. The van der Waals surface area contributed by atoms with Gasteiger partial charge in [0.25, 0.3) is 0 Å². The normalized spacial score (nSPS) is 21.5. The topological polar surface area (TPSA) is 63.4 Å². The second-order valence-electron chi connectivity index (χ2n) is 4.97. The summed E-state index contributed by atoms with van der Waals surface area (Å²) in [6.07, 6.45) is 3.00. The van der Waals surface area contributed by atoms with Gasteiger partial charge in [0.05, 0.1) is 5.02 Å². The predicted octanol–water partition coefficient (Wildman–Crippen LogP) is 2.73. The van der Waals surface area contributed by atoms with Gasteiger partial charge < -0.3 is 5.73 Å². The second-order valence-corrected chi connectivity index (χ2v) is 7.28. The number of sulfonamides is 1. The van der Waals surface area contributed by atoms with Crippen LogP contribution < -0.4 is 5.73 Å². The monoisotopic (exact) mass is 302 g/mol. The van der Waals surface area contributed by atoms with Gasteiger partial charge in [-0.1, -0.05) is 24.9 Å². The summed E-state index contributed by atoms with van der Waals surface area (Å²) in [5, 5.41) is 0.193. The molecule has 0 aromatic heterocycles. The van der Waals surface area contributed by atoms with E-state index in [2.05, 4.69) is 6.92 Å². The fraction of sp³-hybridized carbons (Fsp3) is 0.538. The molecular weight excluding hydrogens is 284 g/mol. The van der Waals surface area contributed by atoms with Crippen LogP contribution in [0.15, 0.2) is 23.1 Å². The zero-order valence-corrected chi connectivity index (χ0v) is 12.5. The van der Waals surface area contributed by atoms with Crippen molar-refractivity contribution in [1.82, 2.24) is 4.31 Å². The highest BCUT2D eigenvalue weighted by molar-refractivity contribution is 7.89. The number of hydrogen-bond acceptors (Lipinski definition) is 3. The summed E-state index contributed by atoms with van der Waals surface area (Å²) in [6.45, 7) is 3.25. The van der Waals surface area contributed by atoms with Gasteiger partial charge in [-0.25, -0.2) is 8.42 Å². The van der Waals surface area contributed by atoms with E-state index in [9.17, 15) is 8.42 Å². The lowest BCUT2D eigenvalue weighted by Gasteiger charge is -2.31. The first-order chi connectivity index (χ1) is 8.95. The standard InChI is InChI=1S/C13H19ClN2O2S/c1-2-10-4-3-7-16(9-10)19(17,18)13-6-5-11(15)8-12(13)14/h5-6,8,10H,2-4,7,9,15H2,1H3. The number of anilines is 1. The maximum Gasteiger partial charge on any atom is 0.244 e. The average molecular weight is 303 g/mol. The molecule has 0 saturated carbocycles. The molecule has 1 atom stereocenters. The van der Waals surface area contributed by atoms with Gasteiger partial charge in [0.15, 0.2) is 0 Å². The van der Waals surface area contributed by atoms with E-state index in [1.807, 2.05) is 0 Å². The van der Waals surface area contributed by atoms with Crippen LogP contribution in [-0.2, 0) is 10.0 Å². The number of nitrogens with zero attached hydrogens (tertiary/aromatic N) is 1. The number of benzene rings is 1. The van der Waals surface area contributed by atoms with E-state index >= 15 is 0 Å². The van der Waals surface area contributed by atoms with Crippen molar-refractivity contribution >= 4 is 27.3 Å². The summed E-state index contributed by atoms with van der Waals surface area (Å²) >= 11 is 6.02. The number of nitrogen functional groups attached to an aromatic ring is 1. The third-order valence-corrected chi connectivity index (χ3v) is 5.98. The third kappa shape index (κ3) is 3.04. The number of hydrogen-bond donors (Lipinski definition) is 1. The number of nitrogens with two attached hydrogens (primary N) is 1. The first-order valence-electron chi connectivity index (χ1n) is 6.50. The summed E-state index contributed by atoms with van der Waals surface area (Å²) < 4.78 is 26.7. The molecule has 1 unspecified atom stereocenters. The molecule has 4 nitrogen and oxygen atoms in total. The molecule has 1 aliphatic rings. The van der Waals surface area contributed by atoms with Crippen molar-refractivity contribution in [1.29, 1.82) is 0 Å². The van der Waals surface area contributed by atoms with Gasteiger partial charge in [-0.05, 0) is 37.0 Å². The van der Waals surface area contributed by atoms with Crippen molar-refractivity contribution in [3.63, 3.8) is 0 Å². The fourth-order valence-corrected chi connectivity index (χ4v) is 4.53. The van der Waals surface area contributed by atoms with Crippen LogP contribution in [0.1, 0.15) is 26.2 Å². The van der Waals surface area contributed by atoms with Crippen LogP contribution in [0.25, 0.3) is 0 Å². The Balaban J connectivity index is 2.31. The Hall–Kier alpha value is -0.780. The Morgan fingerprint density at radius 1 is 1.47 bits per heavy atom. The maximum atomic E-state index is 12.6. The van der Waals surface area contributed by atoms with Gasteiger partial charge in [0.1, 0.15) is 4.90 Å². The molecule has 0 aliphatic carbocycles. The highest BCUT2D eigenvalue weighted by atomic mass is 35.5. The summed E-state index contributed by atoms with van der Waals surface area (Å²) in [4.78, 5) is 0.153. The minimum Gasteiger partial charge on any atom is -0.399 e. The number of rotatable bonds is 3. The van der Waals surface area contributed by atoms with E-state index in [0.717, 1.165) is 19.3 Å². The molecule has 0 spiro atoms. The molecule has 1 heterocycles. The quantitative estimate of drug-likeness (QED) is 0.873. The van der Waals surface area contributed by atoms with Crippen LogP contribution >= 0.6 is 11.6 Å². The van der Waals surface area contributed by atoms with Gasteiger partial charge in [0.2, 0.25) is 10.0 Å². The molecular formula is C13H19ClN2O2S. The lowest BCUT2D eigenvalue weighted by atomic mass is 9.97. The van der Waals surface area contributed by atoms with Crippen LogP contribution in [-0.4, -0.2) is 25.8 Å². The molecule has 1 fully saturated rings. The van der Waals surface area contributed by atoms with E-state index in [-0.39, 0.29) is 9.92 Å². The molecule has 1 saturated heterocycles. The Bertz CT molecular complexity index is 560. The smallest absolute Gasteiger partial charge is 0.244 e. The molecule has 0 radical (unpaired) electrons. The second kappa shape index (κ2) is 5.69. The van der Waals surface area contributed by atoms with Crippen molar-refractivity contribution in [2.45, 2.75) is 31.1 Å². The number of piperidine rings is 1. The van der Waals surface area contributed by atoms with Crippen LogP contribution in [0.5, 0.6) is 0 Å². The van der Waals surface area contributed by atoms with Crippen molar-refractivity contribution in [2.24, 2.45) is 5.92 Å². The molecule has 19 heavy (non-hydrogen) atoms. The SMILES string of the molecule is CCC1CCCN(S(=O)(=O)c2ccc(N)cc2Cl)C1. The van der Waals surface area contributed by atoms with E-state index in [1.54, 1.807) is 10.4 Å². The number of halogens is 1. The van der Waals surface area contributed by atoms with Crippen molar-refractivity contribution in [3.8, 4) is 0 Å². The van der Waals surface area contributed by atoms with Crippen molar-refractivity contribution < 1.29 is 8.42 Å². The minimum absolute atomic E-state index is 0.153. The van der Waals surface area contributed by atoms with E-state index < -0.39 is 10.0 Å². The molecule has 106 valence electrons. The van der Waals surface area contributed by atoms with Crippen LogP contribution in [0.4, 0.5) is 5.69 Å². The van der Waals surface area contributed by atoms with Crippen molar-refractivity contribution in [2.75, 3.05) is 18.8 Å². The first-order valence-corrected chi connectivity index (χ1v) is 8.32. The van der Waals surface area contributed by atoms with Gasteiger partial charge in [-0.15, -0.1) is 0 Å². The van der Waals surface area contributed by atoms with E-state index in [0.29, 0.717) is 24.7 Å². The van der Waals surface area contributed by atoms with Gasteiger partial charge >= 0.3 is 0 Å². The molecule has 0 amide bonds. The van der Waals surface area contributed by atoms with Crippen LogP contribution in [0.2, 0.25) is 5.02 Å². The molecule has 0 bridgehead atoms. The summed E-state index contributed by atoms with van der Waals surface area (Å²) in [5.41, 5.74) is 6.07. The highest BCUT2D eigenvalue weighted by Crippen LogP contribution is 2.30. The summed E-state index contributed by atoms with van der Waals surface area (Å²) in [6, 6.07) is 4.54. The Morgan fingerprint density at radius 2 is 2.21 bits per heavy atom. The van der Waals surface area contributed by atoms with Gasteiger partial charge in [-0.3, -0.25) is 0 Å². The third-order valence-electron chi connectivity index (χ3n) is 3.63. The minimum atomic E-state index is -3.51. The largest absolute Gasteiger partial charge is 0.399 e. The highest BCUT2D eigenvalue weighted by Gasteiger charge is 2.30. The molecule has 2 rings (SSSR count). The van der Waals surface area contributed by atoms with Crippen molar-refractivity contribution in [3.05, 3.63) is 23.2 Å². The van der Waals surface area contributed by atoms with E-state index in [1.165, 1.54) is 12.1 Å². The summed E-state index contributed by atoms with van der Waals surface area (Å²) in [7, 11) is -3.51. The zero-order valence-electron chi connectivity index (χ0n) is 11.0. The lowest BCUT2D eigenvalue weighted by Crippen LogP contribution is -2.39. The first kappa shape index (κ1) is 14.6. The van der Waals surface area contributed by atoms with Gasteiger partial charge in [-0.2, -0.15) is 4.31 Å².